The number of nitriles is 1. The van der Waals surface area contributed by atoms with Gasteiger partial charge in [-0.25, -0.2) is 0 Å². The summed E-state index contributed by atoms with van der Waals surface area (Å²) in [7, 11) is -0.657. The van der Waals surface area contributed by atoms with Gasteiger partial charge >= 0.3 is 0 Å². The van der Waals surface area contributed by atoms with Crippen molar-refractivity contribution >= 4 is 7.92 Å². The second-order valence-corrected chi connectivity index (χ2v) is 8.80. The number of hydrogen-bond acceptors (Lipinski definition) is 4. The summed E-state index contributed by atoms with van der Waals surface area (Å²) in [5.74, 6) is 0. The summed E-state index contributed by atoms with van der Waals surface area (Å²) >= 11 is 0. The van der Waals surface area contributed by atoms with Crippen LogP contribution in [-0.4, -0.2) is 33.0 Å². The Morgan fingerprint density at radius 2 is 1.60 bits per heavy atom. The van der Waals surface area contributed by atoms with E-state index < -0.39 is 13.5 Å². The molecule has 130 valence electrons. The van der Waals surface area contributed by atoms with Crippen LogP contribution >= 0.6 is 7.92 Å². The molecule has 25 heavy (non-hydrogen) atoms. The number of pyridine rings is 2. The zero-order valence-corrected chi connectivity index (χ0v) is 15.7. The first-order chi connectivity index (χ1) is 12.0. The van der Waals surface area contributed by atoms with Crippen molar-refractivity contribution in [2.24, 2.45) is 0 Å². The average molecular weight is 353 g/mol. The number of aliphatic hydroxyl groups is 1. The summed E-state index contributed by atoms with van der Waals surface area (Å²) in [6, 6.07) is 13.9. The molecule has 2 heterocycles. The summed E-state index contributed by atoms with van der Waals surface area (Å²) in [5, 5.41) is 20.6. The Hall–Kier alpha value is -2.08. The minimum Gasteiger partial charge on any atom is -0.386 e. The predicted molar refractivity (Wildman–Crippen MR) is 103 cm³/mol. The Labute approximate surface area is 151 Å². The minimum absolute atomic E-state index is 0.657. The van der Waals surface area contributed by atoms with Crippen LogP contribution in [0.3, 0.4) is 0 Å². The Kier molecular flexibility index (Phi) is 7.25. The van der Waals surface area contributed by atoms with Crippen molar-refractivity contribution in [3.63, 3.8) is 0 Å². The number of aromatic nitrogens is 2. The summed E-state index contributed by atoms with van der Waals surface area (Å²) in [5.41, 5.74) is 1.09. The maximum Gasteiger partial charge on any atom is 0.0916 e. The third-order valence-corrected chi connectivity index (χ3v) is 6.78. The van der Waals surface area contributed by atoms with Crippen LogP contribution in [0.15, 0.2) is 60.2 Å². The molecule has 0 aromatic carbocycles. The van der Waals surface area contributed by atoms with E-state index in [0.717, 1.165) is 41.9 Å². The highest BCUT2D eigenvalue weighted by atomic mass is 31.1. The van der Waals surface area contributed by atoms with E-state index in [-0.39, 0.29) is 0 Å². The zero-order valence-electron chi connectivity index (χ0n) is 14.8. The first-order valence-corrected chi connectivity index (χ1v) is 10.1. The fraction of sp³-hybridized carbons (Fsp3) is 0.350. The molecular formula is C20H24N3OP. The van der Waals surface area contributed by atoms with E-state index in [2.05, 4.69) is 16.0 Å². The number of rotatable bonds is 8. The number of nitrogens with zero attached hydrogens (tertiary/aromatic N) is 3. The van der Waals surface area contributed by atoms with Gasteiger partial charge in [-0.2, -0.15) is 5.26 Å². The monoisotopic (exact) mass is 353 g/mol. The second-order valence-electron chi connectivity index (χ2n) is 6.35. The van der Waals surface area contributed by atoms with Crippen molar-refractivity contribution in [3.8, 4) is 6.07 Å². The van der Waals surface area contributed by atoms with Gasteiger partial charge in [0.15, 0.2) is 0 Å². The van der Waals surface area contributed by atoms with E-state index in [1.165, 1.54) is 6.08 Å². The molecule has 2 rings (SSSR count). The minimum atomic E-state index is -0.990. The lowest BCUT2D eigenvalue weighted by Crippen LogP contribution is -2.23. The Morgan fingerprint density at radius 1 is 1.08 bits per heavy atom. The van der Waals surface area contributed by atoms with Crippen LogP contribution < -0.4 is 0 Å². The van der Waals surface area contributed by atoms with Crippen LogP contribution in [-0.2, 0) is 12.8 Å². The summed E-state index contributed by atoms with van der Waals surface area (Å²) < 4.78 is 0. The largest absolute Gasteiger partial charge is 0.386 e. The van der Waals surface area contributed by atoms with Crippen molar-refractivity contribution in [1.82, 2.24) is 9.97 Å². The summed E-state index contributed by atoms with van der Waals surface area (Å²) in [4.78, 5) is 8.78. The molecule has 2 aromatic heterocycles. The first kappa shape index (κ1) is 19.2. The third-order valence-electron chi connectivity index (χ3n) is 3.90. The van der Waals surface area contributed by atoms with E-state index in [1.807, 2.05) is 36.4 Å². The fourth-order valence-corrected chi connectivity index (χ4v) is 5.38. The van der Waals surface area contributed by atoms with E-state index in [9.17, 15) is 5.11 Å². The molecule has 0 bridgehead atoms. The van der Waals surface area contributed by atoms with Crippen molar-refractivity contribution in [3.05, 3.63) is 71.6 Å². The molecule has 0 unspecified atom stereocenters. The molecule has 0 atom stereocenters. The molecule has 5 heteroatoms. The fourth-order valence-electron chi connectivity index (χ4n) is 2.66. The van der Waals surface area contributed by atoms with Gasteiger partial charge in [-0.15, -0.1) is 0 Å². The Balaban J connectivity index is 2.14. The lowest BCUT2D eigenvalue weighted by Gasteiger charge is -2.29. The number of hydrogen-bond donors (Lipinski definition) is 1. The number of allylic oxidation sites excluding steroid dienone is 1. The van der Waals surface area contributed by atoms with E-state index >= 15 is 0 Å². The quantitative estimate of drug-likeness (QED) is 0.577. The van der Waals surface area contributed by atoms with Gasteiger partial charge < -0.3 is 5.11 Å². The molecule has 0 aliphatic rings. The molecule has 0 fully saturated rings. The van der Waals surface area contributed by atoms with E-state index in [4.69, 9.17) is 5.26 Å². The van der Waals surface area contributed by atoms with E-state index in [0.29, 0.717) is 0 Å². The predicted octanol–water partition coefficient (Wildman–Crippen LogP) is 3.92. The summed E-state index contributed by atoms with van der Waals surface area (Å²) in [6.45, 7) is 3.51. The maximum absolute atomic E-state index is 10.5. The van der Waals surface area contributed by atoms with Gasteiger partial charge in [0.2, 0.25) is 0 Å². The van der Waals surface area contributed by atoms with Gasteiger partial charge in [-0.3, -0.25) is 9.97 Å². The van der Waals surface area contributed by atoms with Gasteiger partial charge in [0.05, 0.1) is 11.7 Å². The molecular weight excluding hydrogens is 329 g/mol. The smallest absolute Gasteiger partial charge is 0.0916 e. The van der Waals surface area contributed by atoms with E-state index in [1.54, 1.807) is 26.2 Å². The standard InChI is InChI=1S/C20H24N3OP/c1-20(2,24)19(9-12-21)25(15-10-17-7-3-5-13-22-17)16-11-18-8-4-6-14-23-18/h3-9,13-14,24H,10-11,15-16H2,1-2H3/b19-9-. The Bertz CT molecular complexity index is 675. The maximum atomic E-state index is 10.5. The molecule has 0 aliphatic heterocycles. The molecule has 2 aromatic rings. The molecule has 1 N–H and O–H groups in total. The molecule has 0 saturated heterocycles. The van der Waals surface area contributed by atoms with Crippen LogP contribution in [0.4, 0.5) is 0 Å². The lowest BCUT2D eigenvalue weighted by atomic mass is 10.1. The SMILES string of the molecule is CC(C)(O)/C(=C/C#N)P(CCc1ccccn1)CCc1ccccn1. The van der Waals surface area contributed by atoms with Crippen LogP contribution in [0, 0.1) is 11.3 Å². The summed E-state index contributed by atoms with van der Waals surface area (Å²) in [6.07, 6.45) is 8.61. The number of aryl methyl sites for hydroxylation is 2. The van der Waals surface area contributed by atoms with Gasteiger partial charge in [0.25, 0.3) is 0 Å². The molecule has 4 nitrogen and oxygen atoms in total. The second kappa shape index (κ2) is 9.42. The highest BCUT2D eigenvalue weighted by Gasteiger charge is 2.27. The first-order valence-electron chi connectivity index (χ1n) is 8.38. The molecule has 0 spiro atoms. The molecule has 0 amide bonds. The lowest BCUT2D eigenvalue weighted by molar-refractivity contribution is 0.128. The van der Waals surface area contributed by atoms with Gasteiger partial charge in [0, 0.05) is 29.9 Å². The van der Waals surface area contributed by atoms with Crippen LogP contribution in [0.2, 0.25) is 0 Å². The van der Waals surface area contributed by atoms with Crippen molar-refractivity contribution in [1.29, 1.82) is 5.26 Å². The van der Waals surface area contributed by atoms with Crippen molar-refractivity contribution in [2.45, 2.75) is 32.3 Å². The Morgan fingerprint density at radius 3 is 1.96 bits per heavy atom. The molecule has 0 saturated carbocycles. The van der Waals surface area contributed by atoms with Gasteiger partial charge in [-0.05, 0) is 68.6 Å². The van der Waals surface area contributed by atoms with Crippen LogP contribution in [0.1, 0.15) is 25.2 Å². The van der Waals surface area contributed by atoms with Crippen molar-refractivity contribution in [2.75, 3.05) is 12.3 Å². The van der Waals surface area contributed by atoms with Gasteiger partial charge in [-0.1, -0.05) is 20.1 Å². The molecule has 0 aliphatic carbocycles. The highest BCUT2D eigenvalue weighted by molar-refractivity contribution is 7.62. The third kappa shape index (κ3) is 6.38. The topological polar surface area (TPSA) is 69.8 Å². The van der Waals surface area contributed by atoms with Gasteiger partial charge in [0.1, 0.15) is 0 Å². The van der Waals surface area contributed by atoms with Crippen LogP contribution in [0.25, 0.3) is 0 Å². The zero-order chi connectivity index (χ0) is 18.1. The normalized spacial score (nSPS) is 12.2. The highest BCUT2D eigenvalue weighted by Crippen LogP contribution is 2.50. The average Bonchev–Trinajstić information content (AvgIpc) is 2.61. The van der Waals surface area contributed by atoms with Crippen LogP contribution in [0.5, 0.6) is 0 Å². The van der Waals surface area contributed by atoms with Crippen molar-refractivity contribution < 1.29 is 5.11 Å². The molecule has 0 radical (unpaired) electrons.